The maximum Gasteiger partial charge on any atom is 0.224 e. The summed E-state index contributed by atoms with van der Waals surface area (Å²) in [6, 6.07) is 4.45. The highest BCUT2D eigenvalue weighted by Crippen LogP contribution is 2.32. The fourth-order valence-corrected chi connectivity index (χ4v) is 2.42. The van der Waals surface area contributed by atoms with Crippen molar-refractivity contribution in [2.75, 3.05) is 5.75 Å². The lowest BCUT2D eigenvalue weighted by molar-refractivity contribution is 0.394. The molecule has 0 aliphatic heterocycles. The van der Waals surface area contributed by atoms with Crippen LogP contribution in [0.4, 0.5) is 0 Å². The summed E-state index contributed by atoms with van der Waals surface area (Å²) in [7, 11) is 0. The van der Waals surface area contributed by atoms with Crippen LogP contribution in [0.25, 0.3) is 0 Å². The molecule has 4 heteroatoms. The van der Waals surface area contributed by atoms with Crippen LogP contribution in [-0.4, -0.2) is 16.0 Å². The lowest BCUT2D eigenvalue weighted by Gasteiger charge is -2.02. The molecule has 0 heterocycles. The van der Waals surface area contributed by atoms with E-state index < -0.39 is 11.2 Å². The van der Waals surface area contributed by atoms with Gasteiger partial charge >= 0.3 is 0 Å². The summed E-state index contributed by atoms with van der Waals surface area (Å²) < 4.78 is 0. The summed E-state index contributed by atoms with van der Waals surface area (Å²) in [5, 5.41) is 19.1. The molecule has 0 saturated heterocycles. The van der Waals surface area contributed by atoms with Crippen molar-refractivity contribution in [2.45, 2.75) is 37.5 Å². The molecule has 0 spiro atoms. The third kappa shape index (κ3) is 4.30. The molecule has 0 saturated carbocycles. The zero-order valence-corrected chi connectivity index (χ0v) is 10.8. The molecule has 1 aromatic carbocycles. The summed E-state index contributed by atoms with van der Waals surface area (Å²) in [6.45, 7) is 2.16. The fourth-order valence-electron chi connectivity index (χ4n) is 1.44. The number of thioether (sulfide) groups is 1. The molecule has 0 radical (unpaired) electrons. The Morgan fingerprint density at radius 3 is 2.59 bits per heavy atom. The molecule has 0 bridgehead atoms. The van der Waals surface area contributed by atoms with Crippen LogP contribution in [0.15, 0.2) is 27.9 Å². The standard InChI is InChI=1S/C13H18O3S/c1-2-3-4-5-9-17-11-8-6-7-10(14)12(15)13(11)16/h6-8H,2-5,9H2,1H3,(H2,14,15,16). The van der Waals surface area contributed by atoms with Crippen LogP contribution in [0.1, 0.15) is 32.6 Å². The van der Waals surface area contributed by atoms with Gasteiger partial charge in [0, 0.05) is 0 Å². The summed E-state index contributed by atoms with van der Waals surface area (Å²) in [4.78, 5) is 11.7. The second-order valence-corrected chi connectivity index (χ2v) is 5.00. The van der Waals surface area contributed by atoms with E-state index >= 15 is 0 Å². The van der Waals surface area contributed by atoms with E-state index in [0.717, 1.165) is 12.2 Å². The first kappa shape index (κ1) is 13.9. The van der Waals surface area contributed by atoms with E-state index in [1.54, 1.807) is 12.1 Å². The van der Waals surface area contributed by atoms with Gasteiger partial charge in [-0.25, -0.2) is 0 Å². The van der Waals surface area contributed by atoms with Crippen LogP contribution < -0.4 is 5.43 Å². The largest absolute Gasteiger partial charge is 0.503 e. The summed E-state index contributed by atoms with van der Waals surface area (Å²) in [5.41, 5.74) is -0.555. The molecule has 1 rings (SSSR count). The van der Waals surface area contributed by atoms with Crippen molar-refractivity contribution in [1.82, 2.24) is 0 Å². The normalized spacial score (nSPS) is 10.4. The van der Waals surface area contributed by atoms with Crippen molar-refractivity contribution in [3.05, 3.63) is 28.4 Å². The molecule has 17 heavy (non-hydrogen) atoms. The Morgan fingerprint density at radius 2 is 1.88 bits per heavy atom. The number of hydrogen-bond acceptors (Lipinski definition) is 4. The number of rotatable bonds is 6. The molecular weight excluding hydrogens is 236 g/mol. The molecular formula is C13H18O3S. The molecule has 0 fully saturated rings. The van der Waals surface area contributed by atoms with Crippen molar-refractivity contribution in [3.63, 3.8) is 0 Å². The predicted octanol–water partition coefficient (Wildman–Crippen LogP) is 3.13. The average molecular weight is 254 g/mol. The Bertz CT molecular complexity index is 418. The fraction of sp³-hybridized carbons (Fsp3) is 0.462. The van der Waals surface area contributed by atoms with Crippen molar-refractivity contribution >= 4 is 11.8 Å². The molecule has 0 aliphatic carbocycles. The SMILES string of the molecule is CCCCCCSc1cccc(=O)c(O)c1O. The summed E-state index contributed by atoms with van der Waals surface area (Å²) in [6.07, 6.45) is 4.64. The molecule has 2 N–H and O–H groups in total. The van der Waals surface area contributed by atoms with Gasteiger partial charge in [0.2, 0.25) is 11.2 Å². The van der Waals surface area contributed by atoms with E-state index in [9.17, 15) is 15.0 Å². The third-order valence-corrected chi connectivity index (χ3v) is 3.57. The van der Waals surface area contributed by atoms with Gasteiger partial charge in [0.05, 0.1) is 4.90 Å². The number of aromatic hydroxyl groups is 2. The molecule has 94 valence electrons. The molecule has 1 aromatic rings. The second-order valence-electron chi connectivity index (χ2n) is 3.86. The Hall–Kier alpha value is -1.16. The van der Waals surface area contributed by atoms with Gasteiger partial charge in [-0.1, -0.05) is 32.3 Å². The number of hydrogen-bond donors (Lipinski definition) is 2. The molecule has 0 aromatic heterocycles. The van der Waals surface area contributed by atoms with Gasteiger partial charge < -0.3 is 10.2 Å². The van der Waals surface area contributed by atoms with E-state index in [1.807, 2.05) is 0 Å². The second kappa shape index (κ2) is 7.22. The van der Waals surface area contributed by atoms with Gasteiger partial charge in [0.25, 0.3) is 0 Å². The Kier molecular flexibility index (Phi) is 5.91. The van der Waals surface area contributed by atoms with E-state index in [2.05, 4.69) is 6.92 Å². The highest BCUT2D eigenvalue weighted by atomic mass is 32.2. The Morgan fingerprint density at radius 1 is 1.12 bits per heavy atom. The number of unbranched alkanes of at least 4 members (excludes halogenated alkanes) is 3. The summed E-state index contributed by atoms with van der Waals surface area (Å²) in [5.74, 6) is 0.0112. The first-order valence-electron chi connectivity index (χ1n) is 5.85. The highest BCUT2D eigenvalue weighted by molar-refractivity contribution is 7.99. The minimum atomic E-state index is -0.564. The molecule has 0 atom stereocenters. The van der Waals surface area contributed by atoms with Crippen LogP contribution in [0.3, 0.4) is 0 Å². The monoisotopic (exact) mass is 254 g/mol. The third-order valence-electron chi connectivity index (χ3n) is 2.44. The molecule has 3 nitrogen and oxygen atoms in total. The van der Waals surface area contributed by atoms with Gasteiger partial charge in [0.1, 0.15) is 0 Å². The van der Waals surface area contributed by atoms with Gasteiger partial charge in [-0.2, -0.15) is 0 Å². The molecule has 0 aliphatic rings. The highest BCUT2D eigenvalue weighted by Gasteiger charge is 2.07. The van der Waals surface area contributed by atoms with Crippen LogP contribution >= 0.6 is 11.8 Å². The van der Waals surface area contributed by atoms with Crippen LogP contribution in [0.2, 0.25) is 0 Å². The smallest absolute Gasteiger partial charge is 0.224 e. The quantitative estimate of drug-likeness (QED) is 0.605. The van der Waals surface area contributed by atoms with E-state index in [4.69, 9.17) is 0 Å². The zero-order chi connectivity index (χ0) is 12.7. The van der Waals surface area contributed by atoms with E-state index in [0.29, 0.717) is 4.90 Å². The maximum atomic E-state index is 11.2. The topological polar surface area (TPSA) is 57.5 Å². The minimum Gasteiger partial charge on any atom is -0.503 e. The Labute approximate surface area is 106 Å². The van der Waals surface area contributed by atoms with Crippen molar-refractivity contribution < 1.29 is 10.2 Å². The molecule has 0 unspecified atom stereocenters. The molecule has 0 amide bonds. The van der Waals surface area contributed by atoms with Crippen molar-refractivity contribution in [1.29, 1.82) is 0 Å². The van der Waals surface area contributed by atoms with Crippen molar-refractivity contribution in [3.8, 4) is 11.5 Å². The predicted molar refractivity (Wildman–Crippen MR) is 70.9 cm³/mol. The first-order valence-corrected chi connectivity index (χ1v) is 6.83. The first-order chi connectivity index (χ1) is 8.16. The lowest BCUT2D eigenvalue weighted by Crippen LogP contribution is -1.92. The van der Waals surface area contributed by atoms with Crippen LogP contribution in [0, 0.1) is 0 Å². The lowest BCUT2D eigenvalue weighted by atomic mass is 10.2. The zero-order valence-electron chi connectivity index (χ0n) is 9.98. The Balaban J connectivity index is 2.63. The maximum absolute atomic E-state index is 11.2. The minimum absolute atomic E-state index is 0.305. The van der Waals surface area contributed by atoms with Crippen molar-refractivity contribution in [2.24, 2.45) is 0 Å². The van der Waals surface area contributed by atoms with Crippen LogP contribution in [-0.2, 0) is 0 Å². The van der Waals surface area contributed by atoms with Gasteiger partial charge in [-0.3, -0.25) is 4.79 Å². The van der Waals surface area contributed by atoms with Gasteiger partial charge in [-0.05, 0) is 24.3 Å². The average Bonchev–Trinajstić information content (AvgIpc) is 2.44. The van der Waals surface area contributed by atoms with Gasteiger partial charge in [0.15, 0.2) is 5.75 Å². The van der Waals surface area contributed by atoms with E-state index in [1.165, 1.54) is 37.1 Å². The summed E-state index contributed by atoms with van der Waals surface area (Å²) >= 11 is 1.46. The van der Waals surface area contributed by atoms with E-state index in [-0.39, 0.29) is 5.75 Å². The van der Waals surface area contributed by atoms with Crippen LogP contribution in [0.5, 0.6) is 11.5 Å². The van der Waals surface area contributed by atoms with Gasteiger partial charge in [-0.15, -0.1) is 11.8 Å².